The summed E-state index contributed by atoms with van der Waals surface area (Å²) >= 11 is 31.1. The molecule has 0 aliphatic heterocycles. The molecule has 5 aromatic carbocycles. The van der Waals surface area contributed by atoms with E-state index in [1.165, 1.54) is 44.4 Å². The van der Waals surface area contributed by atoms with Crippen LogP contribution in [0.5, 0.6) is 0 Å². The number of amides is 5. The maximum absolute atomic E-state index is 12.8. The van der Waals surface area contributed by atoms with E-state index in [-0.39, 0.29) is 57.0 Å². The molecule has 0 saturated carbocycles. The van der Waals surface area contributed by atoms with Gasteiger partial charge in [0, 0.05) is 94.9 Å². The highest BCUT2D eigenvalue weighted by atomic mass is 35.5. The molecule has 0 saturated heterocycles. The van der Waals surface area contributed by atoms with Crippen molar-refractivity contribution in [1.29, 1.82) is 0 Å². The number of nitrogens with one attached hydrogen (secondary N) is 6. The number of sulfone groups is 1. The summed E-state index contributed by atoms with van der Waals surface area (Å²) in [5.74, 6) is -2.04. The van der Waals surface area contributed by atoms with Crippen LogP contribution in [-0.2, 0) is 38.3 Å². The first-order valence-corrected chi connectivity index (χ1v) is 39.7. The minimum Gasteiger partial charge on any atom is -0.355 e. The number of benzene rings is 5. The van der Waals surface area contributed by atoms with E-state index in [0.29, 0.717) is 106 Å². The van der Waals surface area contributed by atoms with Crippen molar-refractivity contribution in [3.8, 4) is 45.0 Å². The Labute approximate surface area is 682 Å². The van der Waals surface area contributed by atoms with Crippen molar-refractivity contribution in [3.63, 3.8) is 0 Å². The lowest BCUT2D eigenvalue weighted by Crippen LogP contribution is -2.17. The highest BCUT2D eigenvalue weighted by molar-refractivity contribution is 7.92. The van der Waals surface area contributed by atoms with Gasteiger partial charge in [0.25, 0.3) is 29.5 Å². The molecule has 0 aliphatic rings. The van der Waals surface area contributed by atoms with Gasteiger partial charge < -0.3 is 26.6 Å². The van der Waals surface area contributed by atoms with Crippen LogP contribution in [0.2, 0.25) is 25.2 Å². The van der Waals surface area contributed by atoms with Crippen LogP contribution < -0.4 is 31.3 Å². The van der Waals surface area contributed by atoms with Crippen LogP contribution in [0, 0.1) is 13.8 Å². The van der Waals surface area contributed by atoms with Crippen LogP contribution in [-0.4, -0.2) is 116 Å². The van der Waals surface area contributed by atoms with Crippen molar-refractivity contribution in [1.82, 2.24) is 55.2 Å². The number of rotatable bonds is 19. The molecule has 8 aromatic heterocycles. The Hall–Kier alpha value is -12.4. The van der Waals surface area contributed by atoms with E-state index in [4.69, 9.17) is 58.0 Å². The average Bonchev–Trinajstić information content (AvgIpc) is 0.986. The first-order chi connectivity index (χ1) is 54.7. The Bertz CT molecular complexity index is 5780. The molecule has 0 bridgehead atoms. The molecule has 25 nitrogen and oxygen atoms in total. The van der Waals surface area contributed by atoms with E-state index >= 15 is 0 Å². The number of anilines is 5. The molecule has 35 heteroatoms. The molecule has 0 fully saturated rings. The number of nitrogens with zero attached hydrogens (tertiary/aromatic N) is 10. The highest BCUT2D eigenvalue weighted by Gasteiger charge is 2.33. The summed E-state index contributed by atoms with van der Waals surface area (Å²) in [7, 11) is -5.19. The van der Waals surface area contributed by atoms with Crippen molar-refractivity contribution in [3.05, 3.63) is 319 Å². The highest BCUT2D eigenvalue weighted by Crippen LogP contribution is 2.35. The van der Waals surface area contributed by atoms with Crippen LogP contribution in [0.1, 0.15) is 80.1 Å². The van der Waals surface area contributed by atoms with Crippen LogP contribution in [0.25, 0.3) is 45.0 Å². The SMILES string of the molecule is CNC(=O)c1ccc(-c2cc(NC(=O)c3ccc(C(F)(F)F)nc3C)ccc2Cl)nc1.CS(=O)(=O)Cc1ccc(C(=O)Nc2ccc(Cl)c(-c3ccccn3)c2)c(Cl)n1.Cc1nc(NS(C)(=O)=O)ccc1C(=O)Nc1ccc(Cl)c(-c2ccccn2)c1.O=C(Nc1ccc(Cl)c(-c2ccccn2)c1)c1ccc(Cn2ccnn2)cc1. The Balaban J connectivity index is 0.000000162. The fraction of sp³-hybridized carbons (Fsp3) is 0.100. The molecule has 0 unspecified atom stereocenters. The number of pyridine rings is 7. The van der Waals surface area contributed by atoms with Crippen molar-refractivity contribution < 1.29 is 54.0 Å². The van der Waals surface area contributed by atoms with E-state index in [1.807, 2.05) is 60.7 Å². The topological polar surface area (TPSA) is 347 Å². The summed E-state index contributed by atoms with van der Waals surface area (Å²) in [6.45, 7) is 3.56. The van der Waals surface area contributed by atoms with Crippen LogP contribution >= 0.6 is 58.0 Å². The van der Waals surface area contributed by atoms with Crippen LogP contribution in [0.3, 0.4) is 0 Å². The normalized spacial score (nSPS) is 11.0. The molecular weight excluding hydrogens is 1630 g/mol. The van der Waals surface area contributed by atoms with Crippen LogP contribution in [0.15, 0.2) is 237 Å². The third-order valence-corrected chi connectivity index (χ3v) is 19.1. The number of aromatic nitrogens is 10. The van der Waals surface area contributed by atoms with Gasteiger partial charge in [0.15, 0.2) is 9.84 Å². The van der Waals surface area contributed by atoms with Crippen LogP contribution in [0.4, 0.5) is 41.7 Å². The number of carbonyl (C=O) groups is 5. The maximum Gasteiger partial charge on any atom is 0.433 e. The third kappa shape index (κ3) is 24.3. The number of hydrogen-bond acceptors (Lipinski definition) is 18. The second-order valence-corrected chi connectivity index (χ2v) is 30.7. The predicted octanol–water partition coefficient (Wildman–Crippen LogP) is 17.0. The van der Waals surface area contributed by atoms with Gasteiger partial charge in [-0.1, -0.05) is 93.5 Å². The summed E-state index contributed by atoms with van der Waals surface area (Å²) in [4.78, 5) is 90.7. The van der Waals surface area contributed by atoms with Gasteiger partial charge in [-0.15, -0.1) is 5.10 Å². The molecule has 13 aromatic rings. The van der Waals surface area contributed by atoms with Gasteiger partial charge in [0.2, 0.25) is 10.0 Å². The summed E-state index contributed by atoms with van der Waals surface area (Å²) < 4.78 is 87.7. The Morgan fingerprint density at radius 2 is 0.887 bits per heavy atom. The molecule has 0 radical (unpaired) electrons. The molecule has 0 spiro atoms. The van der Waals surface area contributed by atoms with Crippen molar-refractivity contribution in [2.45, 2.75) is 32.3 Å². The monoisotopic (exact) mass is 1690 g/mol. The van der Waals surface area contributed by atoms with Gasteiger partial charge in [-0.25, -0.2) is 36.5 Å². The van der Waals surface area contributed by atoms with Gasteiger partial charge in [0.05, 0.1) is 107 Å². The summed E-state index contributed by atoms with van der Waals surface area (Å²) in [5, 5.41) is 23.2. The fourth-order valence-corrected chi connectivity index (χ4v) is 13.0. The van der Waals surface area contributed by atoms with E-state index in [9.17, 15) is 54.0 Å². The first kappa shape index (κ1) is 85.0. The van der Waals surface area contributed by atoms with Crippen molar-refractivity contribution in [2.75, 3.05) is 45.5 Å². The summed E-state index contributed by atoms with van der Waals surface area (Å²) in [6.07, 6.45) is 7.38. The lowest BCUT2D eigenvalue weighted by Gasteiger charge is -2.12. The van der Waals surface area contributed by atoms with E-state index in [0.717, 1.165) is 41.5 Å². The van der Waals surface area contributed by atoms with Crippen molar-refractivity contribution in [2.24, 2.45) is 0 Å². The van der Waals surface area contributed by atoms with E-state index < -0.39 is 43.5 Å². The number of carbonyl (C=O) groups excluding carboxylic acids is 5. The van der Waals surface area contributed by atoms with Gasteiger partial charge in [-0.2, -0.15) is 13.2 Å². The molecule has 0 aliphatic carbocycles. The van der Waals surface area contributed by atoms with Gasteiger partial charge in [-0.05, 0) is 189 Å². The molecule has 6 N–H and O–H groups in total. The second kappa shape index (κ2) is 38.4. The average molecular weight is 1690 g/mol. The molecular formula is C80H64Cl5F3N16O9S2. The number of halogens is 8. The van der Waals surface area contributed by atoms with Gasteiger partial charge in [0.1, 0.15) is 16.7 Å². The predicted molar refractivity (Wildman–Crippen MR) is 439 cm³/mol. The maximum atomic E-state index is 12.8. The number of aryl methyl sites for hydroxylation is 2. The number of alkyl halides is 3. The van der Waals surface area contributed by atoms with E-state index in [2.05, 4.69) is 76.5 Å². The number of hydrogen-bond donors (Lipinski definition) is 6. The zero-order valence-corrected chi connectivity index (χ0v) is 66.3. The number of sulfonamides is 1. The smallest absolute Gasteiger partial charge is 0.355 e. The summed E-state index contributed by atoms with van der Waals surface area (Å²) in [5.41, 5.74) is 9.30. The van der Waals surface area contributed by atoms with Gasteiger partial charge in [-0.3, -0.25) is 48.6 Å². The molecule has 115 heavy (non-hydrogen) atoms. The minimum absolute atomic E-state index is 0.0116. The molecule has 5 amide bonds. The first-order valence-electron chi connectivity index (χ1n) is 33.9. The molecule has 0 atom stereocenters. The lowest BCUT2D eigenvalue weighted by atomic mass is 10.1. The zero-order valence-electron chi connectivity index (χ0n) is 60.9. The van der Waals surface area contributed by atoms with Crippen molar-refractivity contribution >= 4 is 136 Å². The van der Waals surface area contributed by atoms with E-state index in [1.54, 1.807) is 146 Å². The lowest BCUT2D eigenvalue weighted by molar-refractivity contribution is -0.141. The Kier molecular flexibility index (Phi) is 28.4. The second-order valence-electron chi connectivity index (χ2n) is 24.8. The minimum atomic E-state index is -4.59. The van der Waals surface area contributed by atoms with Gasteiger partial charge >= 0.3 is 6.18 Å². The Morgan fingerprint density at radius 3 is 1.27 bits per heavy atom. The summed E-state index contributed by atoms with van der Waals surface area (Å²) in [6, 6.07) is 55.0. The standard InChI is InChI=1S/C21H16ClF3N4O2.C21H16ClN5O.C19H15Cl2N3O3S.C19H17ClN4O3S/c1-11-14(5-8-18(28-11)21(23,24)25)20(31)29-13-4-6-16(22)15(9-13)17-7-3-12(10-27-17)19(30)26-2;22-19-9-8-17(13-18(19)20-3-1-2-10-23-20)25-21(28)16-6-4-15(5-7-16)14-27-12-11-24-26-27;1-28(26,27)11-13-5-7-14(18(21)23-13)19(25)24-12-6-8-16(20)15(10-12)17-4-2-3-9-22-17;1-12-14(7-9-18(22-12)24-28(2,26)27)19(25)23-13-6-8-16(20)15(11-13)17-5-3-4-10-21-17/h3-10H,1-2H3,(H,26,30)(H,29,31);1-13H,14H2,(H,25,28);2-10H,11H2,1H3,(H,24,25);3-11H,1-2H3,(H,22,24)(H,23,25). The molecule has 8 heterocycles. The zero-order chi connectivity index (χ0) is 82.7. The molecule has 13 rings (SSSR count). The quantitative estimate of drug-likeness (QED) is 0.0410. The Morgan fingerprint density at radius 1 is 0.452 bits per heavy atom. The fourth-order valence-electron chi connectivity index (χ4n) is 10.7. The third-order valence-electron chi connectivity index (χ3n) is 16.1. The largest absolute Gasteiger partial charge is 0.433 e. The molecule has 586 valence electrons.